The number of aliphatic carboxylic acids is 1. The number of carboxylic acids is 1. The van der Waals surface area contributed by atoms with Crippen molar-refractivity contribution in [2.45, 2.75) is 32.7 Å². The number of hydrogen-bond acceptors (Lipinski definition) is 3. The van der Waals surface area contributed by atoms with Gasteiger partial charge in [-0.15, -0.1) is 0 Å². The molecule has 0 amide bonds. The van der Waals surface area contributed by atoms with Gasteiger partial charge >= 0.3 is 5.97 Å². The first-order valence-electron chi connectivity index (χ1n) is 6.50. The second kappa shape index (κ2) is 4.76. The van der Waals surface area contributed by atoms with Gasteiger partial charge in [-0.05, 0) is 44.9 Å². The second-order valence-corrected chi connectivity index (χ2v) is 5.84. The van der Waals surface area contributed by atoms with Crippen LogP contribution in [0, 0.1) is 12.8 Å². The van der Waals surface area contributed by atoms with E-state index < -0.39 is 5.97 Å². The number of carboxylic acid groups (broad SMARTS) is 1. The molecular formula is C15H21NO3. The lowest BCUT2D eigenvalue weighted by atomic mass is 9.96. The zero-order chi connectivity index (χ0) is 14.2. The fraction of sp³-hybridized carbons (Fsp3) is 0.533. The van der Waals surface area contributed by atoms with Gasteiger partial charge in [-0.1, -0.05) is 6.07 Å². The minimum Gasteiger partial charge on any atom is -0.495 e. The highest BCUT2D eigenvalue weighted by Crippen LogP contribution is 2.41. The Kier molecular flexibility index (Phi) is 3.43. The largest absolute Gasteiger partial charge is 0.495 e. The van der Waals surface area contributed by atoms with E-state index in [2.05, 4.69) is 24.8 Å². The van der Waals surface area contributed by atoms with Gasteiger partial charge in [-0.2, -0.15) is 0 Å². The summed E-state index contributed by atoms with van der Waals surface area (Å²) in [6.45, 7) is 6.72. The van der Waals surface area contributed by atoms with Crippen molar-refractivity contribution in [1.82, 2.24) is 0 Å². The molecule has 1 N–H and O–H groups in total. The summed E-state index contributed by atoms with van der Waals surface area (Å²) in [5.74, 6) is -0.243. The van der Waals surface area contributed by atoms with Crippen LogP contribution in [0.5, 0.6) is 5.75 Å². The average molecular weight is 263 g/mol. The van der Waals surface area contributed by atoms with Crippen LogP contribution < -0.4 is 9.64 Å². The first-order valence-corrected chi connectivity index (χ1v) is 6.50. The number of benzene rings is 1. The number of aryl methyl sites for hydroxylation is 1. The Morgan fingerprint density at radius 3 is 2.68 bits per heavy atom. The summed E-state index contributed by atoms with van der Waals surface area (Å²) < 4.78 is 5.41. The fourth-order valence-corrected chi connectivity index (χ4v) is 2.85. The van der Waals surface area contributed by atoms with Gasteiger partial charge in [0.2, 0.25) is 0 Å². The molecule has 0 saturated carbocycles. The monoisotopic (exact) mass is 263 g/mol. The van der Waals surface area contributed by atoms with Crippen molar-refractivity contribution >= 4 is 11.7 Å². The normalized spacial score (nSPS) is 21.5. The third-order valence-electron chi connectivity index (χ3n) is 3.85. The van der Waals surface area contributed by atoms with Crippen LogP contribution >= 0.6 is 0 Å². The molecule has 1 atom stereocenters. The van der Waals surface area contributed by atoms with Gasteiger partial charge in [0.25, 0.3) is 0 Å². The summed E-state index contributed by atoms with van der Waals surface area (Å²) in [4.78, 5) is 13.4. The summed E-state index contributed by atoms with van der Waals surface area (Å²) in [6, 6.07) is 6.00. The van der Waals surface area contributed by atoms with E-state index in [-0.39, 0.29) is 11.5 Å². The van der Waals surface area contributed by atoms with E-state index in [4.69, 9.17) is 4.74 Å². The van der Waals surface area contributed by atoms with E-state index in [9.17, 15) is 9.90 Å². The molecule has 0 radical (unpaired) electrons. The third kappa shape index (κ3) is 2.53. The van der Waals surface area contributed by atoms with Gasteiger partial charge in [0.15, 0.2) is 0 Å². The molecule has 0 spiro atoms. The van der Waals surface area contributed by atoms with Crippen LogP contribution in [0.1, 0.15) is 25.8 Å². The van der Waals surface area contributed by atoms with E-state index in [0.717, 1.165) is 17.0 Å². The molecule has 1 aliphatic rings. The molecular weight excluding hydrogens is 242 g/mol. The molecule has 1 saturated heterocycles. The summed E-state index contributed by atoms with van der Waals surface area (Å²) in [7, 11) is 1.64. The van der Waals surface area contributed by atoms with Gasteiger partial charge in [0.1, 0.15) is 5.75 Å². The maximum absolute atomic E-state index is 11.2. The van der Waals surface area contributed by atoms with E-state index in [1.54, 1.807) is 7.11 Å². The summed E-state index contributed by atoms with van der Waals surface area (Å²) in [5, 5.41) is 9.23. The Morgan fingerprint density at radius 1 is 1.47 bits per heavy atom. The highest BCUT2D eigenvalue weighted by Gasteiger charge is 2.42. The lowest BCUT2D eigenvalue weighted by molar-refractivity contribution is -0.141. The minimum atomic E-state index is -0.720. The highest BCUT2D eigenvalue weighted by atomic mass is 16.5. The van der Waals surface area contributed by atoms with Crippen LogP contribution in [-0.4, -0.2) is 30.3 Å². The summed E-state index contributed by atoms with van der Waals surface area (Å²) >= 11 is 0. The molecule has 4 nitrogen and oxygen atoms in total. The van der Waals surface area contributed by atoms with Crippen molar-refractivity contribution < 1.29 is 14.6 Å². The molecule has 1 aromatic carbocycles. The predicted octanol–water partition coefficient (Wildman–Crippen LogP) is 2.69. The predicted molar refractivity (Wildman–Crippen MR) is 74.9 cm³/mol. The molecule has 0 aromatic heterocycles. The molecule has 0 bridgehead atoms. The van der Waals surface area contributed by atoms with E-state index in [1.807, 2.05) is 19.1 Å². The van der Waals surface area contributed by atoms with Crippen LogP contribution in [-0.2, 0) is 4.79 Å². The standard InChI is InChI=1S/C15H21NO3/c1-10-5-6-13(19-4)12(7-10)16-9-11(14(17)18)8-15(16,2)3/h5-7,11H,8-9H2,1-4H3,(H,17,18). The van der Waals surface area contributed by atoms with Crippen LogP contribution in [0.4, 0.5) is 5.69 Å². The van der Waals surface area contributed by atoms with Crippen molar-refractivity contribution in [2.75, 3.05) is 18.6 Å². The SMILES string of the molecule is COc1ccc(C)cc1N1CC(C(=O)O)CC1(C)C. The Morgan fingerprint density at radius 2 is 2.16 bits per heavy atom. The number of ether oxygens (including phenoxy) is 1. The maximum atomic E-state index is 11.2. The van der Waals surface area contributed by atoms with Crippen LogP contribution in [0.2, 0.25) is 0 Å². The van der Waals surface area contributed by atoms with Crippen molar-refractivity contribution in [3.8, 4) is 5.75 Å². The smallest absolute Gasteiger partial charge is 0.308 e. The molecule has 1 heterocycles. The molecule has 1 aliphatic heterocycles. The first-order chi connectivity index (χ1) is 8.85. The lowest BCUT2D eigenvalue weighted by Crippen LogP contribution is -2.38. The fourth-order valence-electron chi connectivity index (χ4n) is 2.85. The van der Waals surface area contributed by atoms with Gasteiger partial charge in [-0.3, -0.25) is 4.79 Å². The molecule has 1 aromatic rings. The van der Waals surface area contributed by atoms with Crippen molar-refractivity contribution in [2.24, 2.45) is 5.92 Å². The van der Waals surface area contributed by atoms with Gasteiger partial charge < -0.3 is 14.7 Å². The van der Waals surface area contributed by atoms with Crippen molar-refractivity contribution in [3.63, 3.8) is 0 Å². The van der Waals surface area contributed by atoms with Crippen LogP contribution in [0.15, 0.2) is 18.2 Å². The number of anilines is 1. The second-order valence-electron chi connectivity index (χ2n) is 5.84. The van der Waals surface area contributed by atoms with E-state index in [0.29, 0.717) is 13.0 Å². The lowest BCUT2D eigenvalue weighted by Gasteiger charge is -2.34. The topological polar surface area (TPSA) is 49.8 Å². The molecule has 19 heavy (non-hydrogen) atoms. The van der Waals surface area contributed by atoms with Gasteiger partial charge in [0, 0.05) is 12.1 Å². The zero-order valence-corrected chi connectivity index (χ0v) is 11.9. The molecule has 4 heteroatoms. The number of methoxy groups -OCH3 is 1. The zero-order valence-electron chi connectivity index (χ0n) is 11.9. The van der Waals surface area contributed by atoms with Gasteiger partial charge in [0.05, 0.1) is 18.7 Å². The molecule has 1 unspecified atom stereocenters. The average Bonchev–Trinajstić information content (AvgIpc) is 2.65. The molecule has 104 valence electrons. The highest BCUT2D eigenvalue weighted by molar-refractivity contribution is 5.74. The van der Waals surface area contributed by atoms with Crippen LogP contribution in [0.3, 0.4) is 0 Å². The van der Waals surface area contributed by atoms with E-state index in [1.165, 1.54) is 0 Å². The van der Waals surface area contributed by atoms with Crippen molar-refractivity contribution in [3.05, 3.63) is 23.8 Å². The Balaban J connectivity index is 2.41. The Bertz CT molecular complexity index is 496. The Hall–Kier alpha value is -1.71. The van der Waals surface area contributed by atoms with Gasteiger partial charge in [-0.25, -0.2) is 0 Å². The maximum Gasteiger partial charge on any atom is 0.308 e. The van der Waals surface area contributed by atoms with Crippen molar-refractivity contribution in [1.29, 1.82) is 0 Å². The molecule has 2 rings (SSSR count). The first kappa shape index (κ1) is 13.7. The Labute approximate surface area is 114 Å². The molecule has 0 aliphatic carbocycles. The number of carbonyl (C=O) groups is 1. The number of nitrogens with zero attached hydrogens (tertiary/aromatic N) is 1. The quantitative estimate of drug-likeness (QED) is 0.911. The molecule has 1 fully saturated rings. The minimum absolute atomic E-state index is 0.176. The summed E-state index contributed by atoms with van der Waals surface area (Å²) in [6.07, 6.45) is 0.652. The number of hydrogen-bond donors (Lipinski definition) is 1. The van der Waals surface area contributed by atoms with E-state index >= 15 is 0 Å². The summed E-state index contributed by atoms with van der Waals surface area (Å²) in [5.41, 5.74) is 1.95. The third-order valence-corrected chi connectivity index (χ3v) is 3.85. The number of rotatable bonds is 3. The van der Waals surface area contributed by atoms with Crippen LogP contribution in [0.25, 0.3) is 0 Å².